The molecule has 0 spiro atoms. The zero-order valence-corrected chi connectivity index (χ0v) is 12.3. The van der Waals surface area contributed by atoms with E-state index in [0.717, 1.165) is 5.56 Å². The third kappa shape index (κ3) is 2.40. The molecule has 0 saturated carbocycles. The molecule has 1 aromatic heterocycles. The minimum absolute atomic E-state index is 0.118. The van der Waals surface area contributed by atoms with Crippen molar-refractivity contribution in [2.75, 3.05) is 0 Å². The van der Waals surface area contributed by atoms with Gasteiger partial charge in [-0.1, -0.05) is 31.5 Å². The normalized spacial score (nSPS) is 11.0. The van der Waals surface area contributed by atoms with Gasteiger partial charge in [-0.05, 0) is 34.0 Å². The van der Waals surface area contributed by atoms with Gasteiger partial charge in [0.15, 0.2) is 0 Å². The molecule has 5 heteroatoms. The Balaban J connectivity index is 2.72. The highest BCUT2D eigenvalue weighted by Gasteiger charge is 2.18. The van der Waals surface area contributed by atoms with Crippen LogP contribution in [0.2, 0.25) is 5.15 Å². The molecule has 0 amide bonds. The van der Waals surface area contributed by atoms with Gasteiger partial charge in [0.25, 0.3) is 0 Å². The van der Waals surface area contributed by atoms with Crippen LogP contribution in [0.25, 0.3) is 11.3 Å². The summed E-state index contributed by atoms with van der Waals surface area (Å²) in [6.07, 6.45) is 1.35. The summed E-state index contributed by atoms with van der Waals surface area (Å²) in [5, 5.41) is 0.370. The second kappa shape index (κ2) is 5.33. The summed E-state index contributed by atoms with van der Waals surface area (Å²) in [4.78, 5) is 8.14. The Kier molecular flexibility index (Phi) is 3.97. The van der Waals surface area contributed by atoms with Gasteiger partial charge >= 0.3 is 0 Å². The van der Waals surface area contributed by atoms with Crippen molar-refractivity contribution in [2.45, 2.75) is 19.8 Å². The fourth-order valence-electron chi connectivity index (χ4n) is 1.79. The molecule has 0 aliphatic rings. The first-order chi connectivity index (χ1) is 8.52. The van der Waals surface area contributed by atoms with E-state index in [1.165, 1.54) is 6.33 Å². The van der Waals surface area contributed by atoms with Crippen LogP contribution in [0.4, 0.5) is 4.39 Å². The van der Waals surface area contributed by atoms with Crippen LogP contribution in [0.1, 0.15) is 25.3 Å². The first-order valence-electron chi connectivity index (χ1n) is 5.47. The lowest BCUT2D eigenvalue weighted by molar-refractivity contribution is 0.623. The highest BCUT2D eigenvalue weighted by molar-refractivity contribution is 9.10. The third-order valence-electron chi connectivity index (χ3n) is 2.62. The van der Waals surface area contributed by atoms with E-state index in [9.17, 15) is 4.39 Å². The number of rotatable bonds is 2. The molecule has 94 valence electrons. The van der Waals surface area contributed by atoms with Gasteiger partial charge in [0.05, 0.1) is 10.2 Å². The Morgan fingerprint density at radius 2 is 2.00 bits per heavy atom. The van der Waals surface area contributed by atoms with Crippen molar-refractivity contribution >= 4 is 27.5 Å². The molecule has 2 rings (SSSR count). The number of halogens is 3. The molecular weight excluding hydrogens is 319 g/mol. The highest BCUT2D eigenvalue weighted by atomic mass is 79.9. The third-order valence-corrected chi connectivity index (χ3v) is 3.53. The molecule has 0 aliphatic carbocycles. The first kappa shape index (κ1) is 13.4. The van der Waals surface area contributed by atoms with Gasteiger partial charge in [0.2, 0.25) is 0 Å². The van der Waals surface area contributed by atoms with Crippen molar-refractivity contribution in [3.05, 3.63) is 45.5 Å². The van der Waals surface area contributed by atoms with Crippen molar-refractivity contribution in [2.24, 2.45) is 0 Å². The predicted molar refractivity (Wildman–Crippen MR) is 74.2 cm³/mol. The SMILES string of the molecule is CC(C)c1c(Cl)ncnc1-c1cccc(Br)c1F. The van der Waals surface area contributed by atoms with Crippen LogP contribution in [0.5, 0.6) is 0 Å². The average Bonchev–Trinajstić information content (AvgIpc) is 2.32. The van der Waals surface area contributed by atoms with Gasteiger partial charge in [0.1, 0.15) is 17.3 Å². The van der Waals surface area contributed by atoms with E-state index in [1.54, 1.807) is 18.2 Å². The largest absolute Gasteiger partial charge is 0.236 e. The molecule has 2 nitrogen and oxygen atoms in total. The van der Waals surface area contributed by atoms with E-state index in [1.807, 2.05) is 13.8 Å². The monoisotopic (exact) mass is 328 g/mol. The molecule has 0 radical (unpaired) electrons. The second-order valence-electron chi connectivity index (χ2n) is 4.18. The Morgan fingerprint density at radius 3 is 2.67 bits per heavy atom. The summed E-state index contributed by atoms with van der Waals surface area (Å²) in [6, 6.07) is 5.10. The van der Waals surface area contributed by atoms with Crippen LogP contribution in [0.15, 0.2) is 29.0 Å². The summed E-state index contributed by atoms with van der Waals surface area (Å²) >= 11 is 9.25. The summed E-state index contributed by atoms with van der Waals surface area (Å²) in [5.74, 6) is -0.221. The molecule has 0 saturated heterocycles. The van der Waals surface area contributed by atoms with Gasteiger partial charge in [-0.3, -0.25) is 0 Å². The predicted octanol–water partition coefficient (Wildman–Crippen LogP) is 4.82. The number of hydrogen-bond donors (Lipinski definition) is 0. The Bertz CT molecular complexity index is 587. The fourth-order valence-corrected chi connectivity index (χ4v) is 2.50. The Hall–Kier alpha value is -1.000. The van der Waals surface area contributed by atoms with E-state index in [4.69, 9.17) is 11.6 Å². The minimum atomic E-state index is -0.339. The molecule has 0 unspecified atom stereocenters. The van der Waals surface area contributed by atoms with Crippen molar-refractivity contribution in [3.63, 3.8) is 0 Å². The molecular formula is C13H11BrClFN2. The minimum Gasteiger partial charge on any atom is -0.236 e. The van der Waals surface area contributed by atoms with Gasteiger partial charge in [0, 0.05) is 11.1 Å². The second-order valence-corrected chi connectivity index (χ2v) is 5.40. The van der Waals surface area contributed by atoms with Crippen molar-refractivity contribution in [1.82, 2.24) is 9.97 Å². The van der Waals surface area contributed by atoms with Crippen molar-refractivity contribution in [3.8, 4) is 11.3 Å². The van der Waals surface area contributed by atoms with Crippen molar-refractivity contribution in [1.29, 1.82) is 0 Å². The number of aromatic nitrogens is 2. The Labute approximate surface area is 118 Å². The van der Waals surface area contributed by atoms with Crippen LogP contribution < -0.4 is 0 Å². The zero-order valence-electron chi connectivity index (χ0n) is 9.92. The molecule has 1 heterocycles. The first-order valence-corrected chi connectivity index (χ1v) is 6.64. The lowest BCUT2D eigenvalue weighted by Gasteiger charge is -2.13. The molecule has 18 heavy (non-hydrogen) atoms. The van der Waals surface area contributed by atoms with E-state index >= 15 is 0 Å². The summed E-state index contributed by atoms with van der Waals surface area (Å²) < 4.78 is 14.5. The molecule has 0 aliphatic heterocycles. The zero-order chi connectivity index (χ0) is 13.3. The van der Waals surface area contributed by atoms with Crippen LogP contribution in [0.3, 0.4) is 0 Å². The molecule has 0 N–H and O–H groups in total. The average molecular weight is 330 g/mol. The van der Waals surface area contributed by atoms with Gasteiger partial charge < -0.3 is 0 Å². The summed E-state index contributed by atoms with van der Waals surface area (Å²) in [6.45, 7) is 3.95. The van der Waals surface area contributed by atoms with Gasteiger partial charge in [-0.25, -0.2) is 14.4 Å². The molecule has 1 aromatic carbocycles. The number of nitrogens with zero attached hydrogens (tertiary/aromatic N) is 2. The number of hydrogen-bond acceptors (Lipinski definition) is 2. The maximum atomic E-state index is 14.1. The summed E-state index contributed by atoms with van der Waals surface area (Å²) in [5.41, 5.74) is 1.73. The molecule has 2 aromatic rings. The van der Waals surface area contributed by atoms with Crippen LogP contribution >= 0.6 is 27.5 Å². The van der Waals surface area contributed by atoms with Crippen LogP contribution in [-0.4, -0.2) is 9.97 Å². The molecule has 0 bridgehead atoms. The van der Waals surface area contributed by atoms with Crippen LogP contribution in [-0.2, 0) is 0 Å². The van der Waals surface area contributed by atoms with Crippen LogP contribution in [0, 0.1) is 5.82 Å². The maximum Gasteiger partial charge on any atom is 0.146 e. The standard InChI is InChI=1S/C13H11BrClFN2/c1-7(2)10-12(17-6-18-13(10)15)8-4-3-5-9(14)11(8)16/h3-7H,1-2H3. The Morgan fingerprint density at radius 1 is 1.28 bits per heavy atom. The number of benzene rings is 1. The summed E-state index contributed by atoms with van der Waals surface area (Å²) in [7, 11) is 0. The van der Waals surface area contributed by atoms with Crippen molar-refractivity contribution < 1.29 is 4.39 Å². The lowest BCUT2D eigenvalue weighted by atomic mass is 9.98. The lowest BCUT2D eigenvalue weighted by Crippen LogP contribution is -2.00. The van der Waals surface area contributed by atoms with E-state index < -0.39 is 0 Å². The quantitative estimate of drug-likeness (QED) is 0.738. The topological polar surface area (TPSA) is 25.8 Å². The van der Waals surface area contributed by atoms with Gasteiger partial charge in [-0.15, -0.1) is 0 Å². The fraction of sp³-hybridized carbons (Fsp3) is 0.231. The van der Waals surface area contributed by atoms with Gasteiger partial charge in [-0.2, -0.15) is 0 Å². The molecule has 0 atom stereocenters. The molecule has 0 fully saturated rings. The van der Waals surface area contributed by atoms with E-state index in [2.05, 4.69) is 25.9 Å². The maximum absolute atomic E-state index is 14.1. The smallest absolute Gasteiger partial charge is 0.146 e. The highest BCUT2D eigenvalue weighted by Crippen LogP contribution is 2.34. The van der Waals surface area contributed by atoms with E-state index in [0.29, 0.717) is 20.9 Å². The van der Waals surface area contributed by atoms with E-state index in [-0.39, 0.29) is 11.7 Å².